The van der Waals surface area contributed by atoms with Gasteiger partial charge < -0.3 is 14.6 Å². The number of phenols is 1. The van der Waals surface area contributed by atoms with Crippen molar-refractivity contribution >= 4 is 12.2 Å². The Morgan fingerprint density at radius 3 is 2.17 bits per heavy atom. The van der Waals surface area contributed by atoms with Crippen LogP contribution in [0.15, 0.2) is 54.6 Å². The van der Waals surface area contributed by atoms with Crippen LogP contribution in [0.4, 0.5) is 0 Å². The summed E-state index contributed by atoms with van der Waals surface area (Å²) in [5.74, 6) is 0.609. The molecule has 0 radical (unpaired) electrons. The molecule has 0 spiro atoms. The van der Waals surface area contributed by atoms with Crippen LogP contribution < -0.4 is 4.74 Å². The average Bonchev–Trinajstić information content (AvgIpc) is 2.62. The molecule has 0 saturated carbocycles. The molecule has 2 aromatic carbocycles. The quantitative estimate of drug-likeness (QED) is 0.715. The predicted octanol–water partition coefficient (Wildman–Crippen LogP) is 4.71. The monoisotopic (exact) mass is 324 g/mol. The Bertz CT molecular complexity index is 685. The van der Waals surface area contributed by atoms with Crippen LogP contribution >= 0.6 is 0 Å². The lowest BCUT2D eigenvalue weighted by Crippen LogP contribution is -1.90. The Balaban J connectivity index is 1.73. The van der Waals surface area contributed by atoms with Gasteiger partial charge in [-0.05, 0) is 35.2 Å². The summed E-state index contributed by atoms with van der Waals surface area (Å²) in [6.07, 6.45) is 9.02. The van der Waals surface area contributed by atoms with E-state index in [-0.39, 0.29) is 5.75 Å². The van der Waals surface area contributed by atoms with Gasteiger partial charge in [-0.2, -0.15) is 0 Å². The minimum atomic E-state index is 0.142. The second-order valence-corrected chi connectivity index (χ2v) is 5.37. The van der Waals surface area contributed by atoms with Gasteiger partial charge in [-0.1, -0.05) is 61.6 Å². The molecule has 126 valence electrons. The number of methoxy groups -OCH3 is 1. The molecule has 2 rings (SSSR count). The molecule has 24 heavy (non-hydrogen) atoms. The van der Waals surface area contributed by atoms with E-state index < -0.39 is 0 Å². The van der Waals surface area contributed by atoms with Crippen LogP contribution in [-0.2, 0) is 11.2 Å². The zero-order chi connectivity index (χ0) is 17.2. The summed E-state index contributed by atoms with van der Waals surface area (Å²) in [7, 11) is 1.54. The first kappa shape index (κ1) is 17.8. The summed E-state index contributed by atoms with van der Waals surface area (Å²) in [5.41, 5.74) is 3.49. The number of hydrogen-bond acceptors (Lipinski definition) is 3. The van der Waals surface area contributed by atoms with Gasteiger partial charge in [-0.15, -0.1) is 0 Å². The third-order valence-corrected chi connectivity index (χ3v) is 3.64. The molecule has 0 saturated heterocycles. The minimum Gasteiger partial charge on any atom is -0.504 e. The highest BCUT2D eigenvalue weighted by Gasteiger charge is 1.99. The summed E-state index contributed by atoms with van der Waals surface area (Å²) < 4.78 is 10.6. The molecule has 3 heteroatoms. The van der Waals surface area contributed by atoms with Gasteiger partial charge in [0, 0.05) is 0 Å². The summed E-state index contributed by atoms with van der Waals surface area (Å²) in [6, 6.07) is 13.8. The van der Waals surface area contributed by atoms with Crippen LogP contribution in [0.2, 0.25) is 0 Å². The van der Waals surface area contributed by atoms with Crippen molar-refractivity contribution in [1.82, 2.24) is 0 Å². The first-order valence-corrected chi connectivity index (χ1v) is 8.09. The number of aromatic hydroxyl groups is 1. The average molecular weight is 324 g/mol. The normalized spacial score (nSPS) is 11.4. The molecule has 0 aliphatic heterocycles. The molecule has 1 N–H and O–H groups in total. The second kappa shape index (κ2) is 9.58. The fourth-order valence-electron chi connectivity index (χ4n) is 2.23. The van der Waals surface area contributed by atoms with E-state index in [1.807, 2.05) is 24.3 Å². The number of aryl methyl sites for hydroxylation is 1. The van der Waals surface area contributed by atoms with Gasteiger partial charge in [0.2, 0.25) is 0 Å². The molecule has 0 heterocycles. The number of benzene rings is 2. The zero-order valence-corrected chi connectivity index (χ0v) is 14.2. The third kappa shape index (κ3) is 5.60. The molecule has 0 aliphatic rings. The molecule has 3 nitrogen and oxygen atoms in total. The highest BCUT2D eigenvalue weighted by molar-refractivity contribution is 5.55. The SMILES string of the molecule is CCc1ccc(/C=C/COC/C=C/c2ccc(O)c(OC)c2)cc1. The molecule has 0 amide bonds. The first-order valence-electron chi connectivity index (χ1n) is 8.09. The van der Waals surface area contributed by atoms with Crippen LogP contribution in [0.5, 0.6) is 11.5 Å². The van der Waals surface area contributed by atoms with Crippen LogP contribution in [-0.4, -0.2) is 25.4 Å². The molecule has 0 atom stereocenters. The van der Waals surface area contributed by atoms with Crippen molar-refractivity contribution in [2.75, 3.05) is 20.3 Å². The van der Waals surface area contributed by atoms with E-state index in [2.05, 4.69) is 37.3 Å². The molecule has 0 aliphatic carbocycles. The van der Waals surface area contributed by atoms with Crippen LogP contribution in [0, 0.1) is 0 Å². The Labute approximate surface area is 143 Å². The Morgan fingerprint density at radius 1 is 0.917 bits per heavy atom. The van der Waals surface area contributed by atoms with Crippen LogP contribution in [0.3, 0.4) is 0 Å². The molecule has 0 bridgehead atoms. The molecular formula is C21H24O3. The maximum absolute atomic E-state index is 9.55. The van der Waals surface area contributed by atoms with Crippen LogP contribution in [0.25, 0.3) is 12.2 Å². The van der Waals surface area contributed by atoms with Crippen molar-refractivity contribution in [3.8, 4) is 11.5 Å². The highest BCUT2D eigenvalue weighted by atomic mass is 16.5. The smallest absolute Gasteiger partial charge is 0.161 e. The van der Waals surface area contributed by atoms with E-state index in [0.717, 1.165) is 12.0 Å². The van der Waals surface area contributed by atoms with Gasteiger partial charge in [0.05, 0.1) is 20.3 Å². The minimum absolute atomic E-state index is 0.142. The fourth-order valence-corrected chi connectivity index (χ4v) is 2.23. The van der Waals surface area contributed by atoms with Gasteiger partial charge in [-0.25, -0.2) is 0 Å². The lowest BCUT2D eigenvalue weighted by Gasteiger charge is -2.03. The van der Waals surface area contributed by atoms with Crippen molar-refractivity contribution < 1.29 is 14.6 Å². The van der Waals surface area contributed by atoms with Crippen molar-refractivity contribution in [2.24, 2.45) is 0 Å². The Hall–Kier alpha value is -2.52. The van der Waals surface area contributed by atoms with Crippen molar-refractivity contribution in [2.45, 2.75) is 13.3 Å². The topological polar surface area (TPSA) is 38.7 Å². The van der Waals surface area contributed by atoms with Gasteiger partial charge in [0.25, 0.3) is 0 Å². The van der Waals surface area contributed by atoms with E-state index in [0.29, 0.717) is 19.0 Å². The van der Waals surface area contributed by atoms with Crippen molar-refractivity contribution in [1.29, 1.82) is 0 Å². The van der Waals surface area contributed by atoms with Gasteiger partial charge >= 0.3 is 0 Å². The maximum atomic E-state index is 9.55. The summed E-state index contributed by atoms with van der Waals surface area (Å²) in [6.45, 7) is 3.25. The van der Waals surface area contributed by atoms with Crippen molar-refractivity contribution in [3.63, 3.8) is 0 Å². The molecular weight excluding hydrogens is 300 g/mol. The van der Waals surface area contributed by atoms with E-state index in [4.69, 9.17) is 9.47 Å². The molecule has 0 aromatic heterocycles. The number of hydrogen-bond donors (Lipinski definition) is 1. The van der Waals surface area contributed by atoms with Gasteiger partial charge in [0.15, 0.2) is 11.5 Å². The Morgan fingerprint density at radius 2 is 1.54 bits per heavy atom. The predicted molar refractivity (Wildman–Crippen MR) is 99.4 cm³/mol. The zero-order valence-electron chi connectivity index (χ0n) is 14.2. The van der Waals surface area contributed by atoms with Crippen molar-refractivity contribution in [3.05, 3.63) is 71.3 Å². The fraction of sp³-hybridized carbons (Fsp3) is 0.238. The van der Waals surface area contributed by atoms with E-state index in [1.165, 1.54) is 18.2 Å². The third-order valence-electron chi connectivity index (χ3n) is 3.64. The lowest BCUT2D eigenvalue weighted by molar-refractivity contribution is 0.195. The molecule has 2 aromatic rings. The summed E-state index contributed by atoms with van der Waals surface area (Å²) in [5, 5.41) is 9.55. The number of phenolic OH excluding ortho intramolecular Hbond substituents is 1. The largest absolute Gasteiger partial charge is 0.504 e. The molecule has 0 fully saturated rings. The highest BCUT2D eigenvalue weighted by Crippen LogP contribution is 2.26. The van der Waals surface area contributed by atoms with E-state index >= 15 is 0 Å². The number of ether oxygens (including phenoxy) is 2. The second-order valence-electron chi connectivity index (χ2n) is 5.37. The number of rotatable bonds is 8. The maximum Gasteiger partial charge on any atom is 0.161 e. The lowest BCUT2D eigenvalue weighted by atomic mass is 10.1. The summed E-state index contributed by atoms with van der Waals surface area (Å²) >= 11 is 0. The van der Waals surface area contributed by atoms with Crippen LogP contribution in [0.1, 0.15) is 23.6 Å². The first-order chi connectivity index (χ1) is 11.7. The Kier molecular flexibility index (Phi) is 7.12. The van der Waals surface area contributed by atoms with Gasteiger partial charge in [-0.3, -0.25) is 0 Å². The van der Waals surface area contributed by atoms with E-state index in [1.54, 1.807) is 12.1 Å². The standard InChI is InChI=1S/C21H24O3/c1-3-17-8-10-18(11-9-17)6-4-14-24-15-5-7-19-12-13-20(22)21(16-19)23-2/h4-13,16,22H,3,14-15H2,1-2H3/b6-4+,7-5+. The van der Waals surface area contributed by atoms with Gasteiger partial charge in [0.1, 0.15) is 0 Å². The molecule has 0 unspecified atom stereocenters. The summed E-state index contributed by atoms with van der Waals surface area (Å²) in [4.78, 5) is 0. The van der Waals surface area contributed by atoms with E-state index in [9.17, 15) is 5.11 Å².